The summed E-state index contributed by atoms with van der Waals surface area (Å²) in [7, 11) is 0. The summed E-state index contributed by atoms with van der Waals surface area (Å²) in [5.41, 5.74) is 1.28. The van der Waals surface area contributed by atoms with Gasteiger partial charge >= 0.3 is 0 Å². The first-order valence-electron chi connectivity index (χ1n) is 3.90. The number of nitrogens with one attached hydrogen (secondary N) is 1. The van der Waals surface area contributed by atoms with Crippen molar-refractivity contribution in [3.05, 3.63) is 40.4 Å². The van der Waals surface area contributed by atoms with Crippen molar-refractivity contribution in [1.82, 2.24) is 0 Å². The number of nitrogens with zero attached hydrogens (tertiary/aromatic N) is 1. The van der Waals surface area contributed by atoms with E-state index in [1.54, 1.807) is 18.2 Å². The molecule has 0 saturated heterocycles. The highest BCUT2D eigenvalue weighted by Crippen LogP contribution is 2.24. The SMILES string of the molecule is C=C(C#N)CNc1ccc(Cl)c(Cl)c1. The van der Waals surface area contributed by atoms with Gasteiger partial charge in [0.15, 0.2) is 0 Å². The molecule has 1 rings (SSSR count). The second-order valence-electron chi connectivity index (χ2n) is 2.70. The van der Waals surface area contributed by atoms with E-state index in [1.807, 2.05) is 6.07 Å². The number of benzene rings is 1. The third-order valence-corrected chi connectivity index (χ3v) is 2.32. The minimum atomic E-state index is 0.411. The zero-order valence-corrected chi connectivity index (χ0v) is 8.86. The molecule has 0 spiro atoms. The first-order chi connectivity index (χ1) is 6.63. The van der Waals surface area contributed by atoms with Gasteiger partial charge in [0.05, 0.1) is 16.1 Å². The van der Waals surface area contributed by atoms with Gasteiger partial charge in [0.2, 0.25) is 0 Å². The summed E-state index contributed by atoms with van der Waals surface area (Å²) in [5, 5.41) is 12.5. The normalized spacial score (nSPS) is 9.21. The number of nitriles is 1. The molecular formula is C10H8Cl2N2. The molecular weight excluding hydrogens is 219 g/mol. The Balaban J connectivity index is 2.65. The maximum atomic E-state index is 8.47. The summed E-state index contributed by atoms with van der Waals surface area (Å²) < 4.78 is 0. The zero-order chi connectivity index (χ0) is 10.6. The molecule has 0 aliphatic rings. The van der Waals surface area contributed by atoms with Crippen LogP contribution in [0, 0.1) is 11.3 Å². The standard InChI is InChI=1S/C10H8Cl2N2/c1-7(5-13)6-14-8-2-3-9(11)10(12)4-8/h2-4,14H,1,6H2. The van der Waals surface area contributed by atoms with Gasteiger partial charge < -0.3 is 5.32 Å². The maximum absolute atomic E-state index is 8.47. The quantitative estimate of drug-likeness (QED) is 0.802. The van der Waals surface area contributed by atoms with Crippen molar-refractivity contribution in [2.45, 2.75) is 0 Å². The Kier molecular flexibility index (Phi) is 3.82. The molecule has 0 radical (unpaired) electrons. The second-order valence-corrected chi connectivity index (χ2v) is 3.51. The Morgan fingerprint density at radius 3 is 2.71 bits per heavy atom. The van der Waals surface area contributed by atoms with Crippen LogP contribution in [0.1, 0.15) is 0 Å². The van der Waals surface area contributed by atoms with E-state index in [1.165, 1.54) is 0 Å². The topological polar surface area (TPSA) is 35.8 Å². The van der Waals surface area contributed by atoms with Crippen LogP contribution in [0.2, 0.25) is 10.0 Å². The third-order valence-electron chi connectivity index (χ3n) is 1.58. The monoisotopic (exact) mass is 226 g/mol. The van der Waals surface area contributed by atoms with Crippen molar-refractivity contribution in [1.29, 1.82) is 5.26 Å². The van der Waals surface area contributed by atoms with E-state index >= 15 is 0 Å². The van der Waals surface area contributed by atoms with E-state index in [0.29, 0.717) is 22.2 Å². The molecule has 0 fully saturated rings. The molecule has 0 aromatic heterocycles. The van der Waals surface area contributed by atoms with Crippen LogP contribution < -0.4 is 5.32 Å². The molecule has 1 aromatic carbocycles. The fourth-order valence-electron chi connectivity index (χ4n) is 0.854. The minimum Gasteiger partial charge on any atom is -0.380 e. The summed E-state index contributed by atoms with van der Waals surface area (Å²) in [6, 6.07) is 7.13. The van der Waals surface area contributed by atoms with E-state index < -0.39 is 0 Å². The summed E-state index contributed by atoms with van der Waals surface area (Å²) in [5.74, 6) is 0. The molecule has 72 valence electrons. The maximum Gasteiger partial charge on any atom is 0.0959 e. The Labute approximate surface area is 92.8 Å². The fourth-order valence-corrected chi connectivity index (χ4v) is 1.15. The van der Waals surface area contributed by atoms with Crippen LogP contribution in [0.15, 0.2) is 30.4 Å². The summed E-state index contributed by atoms with van der Waals surface area (Å²) >= 11 is 11.5. The van der Waals surface area contributed by atoms with Gasteiger partial charge in [-0.2, -0.15) is 5.26 Å². The highest BCUT2D eigenvalue weighted by atomic mass is 35.5. The number of hydrogen-bond acceptors (Lipinski definition) is 2. The Morgan fingerprint density at radius 1 is 1.43 bits per heavy atom. The molecule has 0 amide bonds. The van der Waals surface area contributed by atoms with Crippen LogP contribution in [0.3, 0.4) is 0 Å². The van der Waals surface area contributed by atoms with Gasteiger partial charge in [0, 0.05) is 17.8 Å². The van der Waals surface area contributed by atoms with Crippen molar-refractivity contribution in [2.75, 3.05) is 11.9 Å². The number of hydrogen-bond donors (Lipinski definition) is 1. The molecule has 0 atom stereocenters. The molecule has 0 bridgehead atoms. The average molecular weight is 227 g/mol. The number of anilines is 1. The summed E-state index contributed by atoms with van der Waals surface area (Å²) in [6.07, 6.45) is 0. The van der Waals surface area contributed by atoms with Gasteiger partial charge in [0.25, 0.3) is 0 Å². The lowest BCUT2D eigenvalue weighted by atomic mass is 10.3. The lowest BCUT2D eigenvalue weighted by Gasteiger charge is -2.05. The van der Waals surface area contributed by atoms with E-state index in [-0.39, 0.29) is 0 Å². The molecule has 4 heteroatoms. The first kappa shape index (κ1) is 10.9. The Morgan fingerprint density at radius 2 is 2.14 bits per heavy atom. The average Bonchev–Trinajstić information content (AvgIpc) is 2.19. The number of rotatable bonds is 3. The van der Waals surface area contributed by atoms with Crippen LogP contribution in [0.5, 0.6) is 0 Å². The van der Waals surface area contributed by atoms with Crippen LogP contribution in [-0.4, -0.2) is 6.54 Å². The Hall–Kier alpha value is -1.17. The lowest BCUT2D eigenvalue weighted by molar-refractivity contribution is 1.27. The Bertz CT molecular complexity index is 394. The molecule has 0 heterocycles. The molecule has 14 heavy (non-hydrogen) atoms. The smallest absolute Gasteiger partial charge is 0.0959 e. The van der Waals surface area contributed by atoms with E-state index in [0.717, 1.165) is 5.69 Å². The highest BCUT2D eigenvalue weighted by molar-refractivity contribution is 6.42. The van der Waals surface area contributed by atoms with Crippen LogP contribution in [-0.2, 0) is 0 Å². The molecule has 0 aliphatic carbocycles. The molecule has 0 aliphatic heterocycles. The van der Waals surface area contributed by atoms with E-state index in [2.05, 4.69) is 11.9 Å². The van der Waals surface area contributed by atoms with E-state index in [9.17, 15) is 0 Å². The van der Waals surface area contributed by atoms with Crippen molar-refractivity contribution >= 4 is 28.9 Å². The van der Waals surface area contributed by atoms with Crippen molar-refractivity contribution in [2.24, 2.45) is 0 Å². The lowest BCUT2D eigenvalue weighted by Crippen LogP contribution is -2.02. The summed E-state index contributed by atoms with van der Waals surface area (Å²) in [6.45, 7) is 3.96. The molecule has 2 nitrogen and oxygen atoms in total. The minimum absolute atomic E-state index is 0.411. The van der Waals surface area contributed by atoms with Crippen LogP contribution in [0.4, 0.5) is 5.69 Å². The van der Waals surface area contributed by atoms with Gasteiger partial charge in [-0.15, -0.1) is 0 Å². The van der Waals surface area contributed by atoms with E-state index in [4.69, 9.17) is 28.5 Å². The molecule has 1 N–H and O–H groups in total. The van der Waals surface area contributed by atoms with Gasteiger partial charge in [-0.25, -0.2) is 0 Å². The first-order valence-corrected chi connectivity index (χ1v) is 4.66. The molecule has 0 unspecified atom stereocenters. The van der Waals surface area contributed by atoms with Crippen molar-refractivity contribution in [3.8, 4) is 6.07 Å². The predicted octanol–water partition coefficient (Wildman–Crippen LogP) is 3.49. The van der Waals surface area contributed by atoms with Gasteiger partial charge in [-0.05, 0) is 18.2 Å². The fraction of sp³-hybridized carbons (Fsp3) is 0.100. The van der Waals surface area contributed by atoms with Gasteiger partial charge in [-0.1, -0.05) is 29.8 Å². The van der Waals surface area contributed by atoms with Crippen molar-refractivity contribution < 1.29 is 0 Å². The van der Waals surface area contributed by atoms with Crippen LogP contribution >= 0.6 is 23.2 Å². The van der Waals surface area contributed by atoms with Crippen molar-refractivity contribution in [3.63, 3.8) is 0 Å². The molecule has 1 aromatic rings. The largest absolute Gasteiger partial charge is 0.380 e. The van der Waals surface area contributed by atoms with Crippen LogP contribution in [0.25, 0.3) is 0 Å². The predicted molar refractivity (Wildman–Crippen MR) is 59.7 cm³/mol. The van der Waals surface area contributed by atoms with Gasteiger partial charge in [-0.3, -0.25) is 0 Å². The highest BCUT2D eigenvalue weighted by Gasteiger charge is 1.99. The third kappa shape index (κ3) is 2.95. The number of halogens is 2. The molecule has 0 saturated carbocycles. The summed E-state index contributed by atoms with van der Waals surface area (Å²) in [4.78, 5) is 0. The second kappa shape index (κ2) is 4.90. The van der Waals surface area contributed by atoms with Gasteiger partial charge in [0.1, 0.15) is 0 Å². The zero-order valence-electron chi connectivity index (χ0n) is 7.35.